The Morgan fingerprint density at radius 3 is 2.57 bits per heavy atom. The number of halogens is 1. The van der Waals surface area contributed by atoms with Gasteiger partial charge in [-0.05, 0) is 43.2 Å². The Bertz CT molecular complexity index is 668. The van der Waals surface area contributed by atoms with Crippen molar-refractivity contribution >= 4 is 17.5 Å². The third-order valence-electron chi connectivity index (χ3n) is 3.38. The molecule has 0 saturated heterocycles. The minimum atomic E-state index is -0.303. The van der Waals surface area contributed by atoms with Gasteiger partial charge in [0.2, 0.25) is 0 Å². The number of aryl methyl sites for hydroxylation is 1. The summed E-state index contributed by atoms with van der Waals surface area (Å²) in [6.45, 7) is 3.90. The fraction of sp³-hybridized carbons (Fsp3) is 0.235. The third-order valence-corrected chi connectivity index (χ3v) is 4.43. The van der Waals surface area contributed by atoms with Crippen molar-refractivity contribution in [1.29, 1.82) is 0 Å². The van der Waals surface area contributed by atoms with Gasteiger partial charge in [0.1, 0.15) is 11.6 Å². The van der Waals surface area contributed by atoms with Crippen LogP contribution >= 0.6 is 11.8 Å². The largest absolute Gasteiger partial charge is 0.496 e. The van der Waals surface area contributed by atoms with Crippen LogP contribution in [0, 0.1) is 19.7 Å². The van der Waals surface area contributed by atoms with Gasteiger partial charge >= 0.3 is 0 Å². The maximum absolute atomic E-state index is 13.5. The molecule has 21 heavy (non-hydrogen) atoms. The summed E-state index contributed by atoms with van der Waals surface area (Å²) in [6, 6.07) is 10.1. The minimum Gasteiger partial charge on any atom is -0.496 e. The third kappa shape index (κ3) is 3.45. The highest BCUT2D eigenvalue weighted by molar-refractivity contribution is 8.00. The van der Waals surface area contributed by atoms with Crippen molar-refractivity contribution in [3.63, 3.8) is 0 Å². The smallest absolute Gasteiger partial charge is 0.176 e. The van der Waals surface area contributed by atoms with E-state index in [1.807, 2.05) is 19.9 Å². The lowest BCUT2D eigenvalue weighted by atomic mass is 10.0. The van der Waals surface area contributed by atoms with E-state index in [0.717, 1.165) is 11.1 Å². The predicted molar refractivity (Wildman–Crippen MR) is 83.9 cm³/mol. The zero-order chi connectivity index (χ0) is 15.4. The summed E-state index contributed by atoms with van der Waals surface area (Å²) in [5.74, 6) is 0.416. The van der Waals surface area contributed by atoms with Crippen molar-refractivity contribution in [3.8, 4) is 5.75 Å². The summed E-state index contributed by atoms with van der Waals surface area (Å²) in [7, 11) is 1.56. The second-order valence-corrected chi connectivity index (χ2v) is 5.75. The lowest BCUT2D eigenvalue weighted by Gasteiger charge is -2.12. The molecule has 0 heterocycles. The van der Waals surface area contributed by atoms with E-state index in [4.69, 9.17) is 4.74 Å². The summed E-state index contributed by atoms with van der Waals surface area (Å²) in [4.78, 5) is 12.8. The SMILES string of the molecule is COc1c(C(=O)CSc2ccccc2F)ccc(C)c1C. The highest BCUT2D eigenvalue weighted by atomic mass is 32.2. The fourth-order valence-electron chi connectivity index (χ4n) is 2.06. The molecule has 0 radical (unpaired) electrons. The summed E-state index contributed by atoms with van der Waals surface area (Å²) >= 11 is 1.20. The number of benzene rings is 2. The highest BCUT2D eigenvalue weighted by Crippen LogP contribution is 2.29. The van der Waals surface area contributed by atoms with Gasteiger partial charge in [0, 0.05) is 4.90 Å². The zero-order valence-electron chi connectivity index (χ0n) is 12.3. The molecule has 0 aliphatic carbocycles. The van der Waals surface area contributed by atoms with Gasteiger partial charge in [-0.25, -0.2) is 4.39 Å². The molecule has 0 spiro atoms. The average Bonchev–Trinajstić information content (AvgIpc) is 2.48. The predicted octanol–water partition coefficient (Wildman–Crippen LogP) is 4.43. The average molecular weight is 304 g/mol. The maximum Gasteiger partial charge on any atom is 0.176 e. The normalized spacial score (nSPS) is 10.5. The topological polar surface area (TPSA) is 26.3 Å². The second kappa shape index (κ2) is 6.76. The van der Waals surface area contributed by atoms with Crippen molar-refractivity contribution in [2.45, 2.75) is 18.7 Å². The molecule has 2 aromatic rings. The molecule has 0 amide bonds. The first-order valence-electron chi connectivity index (χ1n) is 6.59. The quantitative estimate of drug-likeness (QED) is 0.604. The van der Waals surface area contributed by atoms with Crippen LogP contribution in [0.25, 0.3) is 0 Å². The van der Waals surface area contributed by atoms with E-state index in [0.29, 0.717) is 16.2 Å². The Morgan fingerprint density at radius 1 is 1.19 bits per heavy atom. The lowest BCUT2D eigenvalue weighted by Crippen LogP contribution is -2.07. The van der Waals surface area contributed by atoms with E-state index in [1.165, 1.54) is 17.8 Å². The monoisotopic (exact) mass is 304 g/mol. The number of Topliss-reactive ketones (excluding diaryl/α,β-unsaturated/α-hetero) is 1. The molecule has 0 bridgehead atoms. The van der Waals surface area contributed by atoms with Crippen LogP contribution in [0.3, 0.4) is 0 Å². The first kappa shape index (κ1) is 15.6. The lowest BCUT2D eigenvalue weighted by molar-refractivity contribution is 0.101. The number of ketones is 1. The van der Waals surface area contributed by atoms with E-state index in [9.17, 15) is 9.18 Å². The Kier molecular flexibility index (Phi) is 5.02. The van der Waals surface area contributed by atoms with Crippen molar-refractivity contribution < 1.29 is 13.9 Å². The first-order chi connectivity index (χ1) is 10.0. The molecule has 4 heteroatoms. The van der Waals surface area contributed by atoms with Crippen molar-refractivity contribution in [3.05, 3.63) is 58.9 Å². The number of carbonyl (C=O) groups is 1. The Morgan fingerprint density at radius 2 is 1.90 bits per heavy atom. The van der Waals surface area contributed by atoms with Crippen molar-refractivity contribution in [1.82, 2.24) is 0 Å². The Balaban J connectivity index is 2.18. The van der Waals surface area contributed by atoms with Gasteiger partial charge in [-0.3, -0.25) is 4.79 Å². The Hall–Kier alpha value is -1.81. The number of thioether (sulfide) groups is 1. The number of rotatable bonds is 5. The maximum atomic E-state index is 13.5. The van der Waals surface area contributed by atoms with Gasteiger partial charge < -0.3 is 4.74 Å². The van der Waals surface area contributed by atoms with Crippen LogP contribution < -0.4 is 4.74 Å². The summed E-state index contributed by atoms with van der Waals surface area (Å²) in [6.07, 6.45) is 0. The van der Waals surface area contributed by atoms with E-state index < -0.39 is 0 Å². The van der Waals surface area contributed by atoms with Crippen LogP contribution in [-0.4, -0.2) is 18.6 Å². The van der Waals surface area contributed by atoms with E-state index in [-0.39, 0.29) is 17.4 Å². The fourth-order valence-corrected chi connectivity index (χ4v) is 2.88. The van der Waals surface area contributed by atoms with Gasteiger partial charge in [0.25, 0.3) is 0 Å². The molecule has 2 rings (SSSR count). The molecule has 2 aromatic carbocycles. The van der Waals surface area contributed by atoms with E-state index in [2.05, 4.69) is 0 Å². The molecule has 0 saturated carbocycles. The number of hydrogen-bond acceptors (Lipinski definition) is 3. The number of methoxy groups -OCH3 is 1. The zero-order valence-corrected chi connectivity index (χ0v) is 13.1. The van der Waals surface area contributed by atoms with Crippen molar-refractivity contribution in [2.24, 2.45) is 0 Å². The first-order valence-corrected chi connectivity index (χ1v) is 7.58. The van der Waals surface area contributed by atoms with Gasteiger partial charge in [0.15, 0.2) is 5.78 Å². The van der Waals surface area contributed by atoms with Crippen LogP contribution in [0.1, 0.15) is 21.5 Å². The van der Waals surface area contributed by atoms with Gasteiger partial charge in [-0.1, -0.05) is 18.2 Å². The molecular formula is C17H17FO2S. The summed E-state index contributed by atoms with van der Waals surface area (Å²) in [5.41, 5.74) is 2.58. The van der Waals surface area contributed by atoms with Crippen LogP contribution in [0.4, 0.5) is 4.39 Å². The molecule has 2 nitrogen and oxygen atoms in total. The molecular weight excluding hydrogens is 287 g/mol. The van der Waals surface area contributed by atoms with Gasteiger partial charge in [-0.2, -0.15) is 0 Å². The molecule has 0 atom stereocenters. The number of hydrogen-bond donors (Lipinski definition) is 0. The number of ether oxygens (including phenoxy) is 1. The van der Waals surface area contributed by atoms with E-state index >= 15 is 0 Å². The number of carbonyl (C=O) groups excluding carboxylic acids is 1. The van der Waals surface area contributed by atoms with Crippen LogP contribution in [-0.2, 0) is 0 Å². The highest BCUT2D eigenvalue weighted by Gasteiger charge is 2.16. The molecule has 0 aliphatic heterocycles. The molecule has 0 aliphatic rings. The van der Waals surface area contributed by atoms with Crippen LogP contribution in [0.5, 0.6) is 5.75 Å². The van der Waals surface area contributed by atoms with Gasteiger partial charge in [-0.15, -0.1) is 11.8 Å². The minimum absolute atomic E-state index is 0.0665. The molecule has 0 aromatic heterocycles. The Labute approximate surface area is 128 Å². The standard InChI is InChI=1S/C17H17FO2S/c1-11-8-9-13(17(20-3)12(11)2)15(19)10-21-16-7-5-4-6-14(16)18/h4-9H,10H2,1-3H3. The van der Waals surface area contributed by atoms with Crippen molar-refractivity contribution in [2.75, 3.05) is 12.9 Å². The molecule has 0 unspecified atom stereocenters. The second-order valence-electron chi connectivity index (χ2n) is 4.73. The van der Waals surface area contributed by atoms with E-state index in [1.54, 1.807) is 31.4 Å². The van der Waals surface area contributed by atoms with Crippen LogP contribution in [0.15, 0.2) is 41.3 Å². The summed E-state index contributed by atoms with van der Waals surface area (Å²) < 4.78 is 18.9. The summed E-state index contributed by atoms with van der Waals surface area (Å²) in [5, 5.41) is 0. The van der Waals surface area contributed by atoms with Crippen LogP contribution in [0.2, 0.25) is 0 Å². The molecule has 0 fully saturated rings. The molecule has 0 N–H and O–H groups in total. The van der Waals surface area contributed by atoms with Gasteiger partial charge in [0.05, 0.1) is 18.4 Å². The molecule has 110 valence electrons.